The second kappa shape index (κ2) is 7.57. The Bertz CT molecular complexity index is 798. The summed E-state index contributed by atoms with van der Waals surface area (Å²) in [6, 6.07) is 12.7. The van der Waals surface area contributed by atoms with Crippen molar-refractivity contribution in [2.75, 3.05) is 6.54 Å². The molecule has 0 saturated heterocycles. The molecule has 0 aliphatic rings. The average Bonchev–Trinajstić information content (AvgIpc) is 2.53. The predicted octanol–water partition coefficient (Wildman–Crippen LogP) is 1.93. The van der Waals surface area contributed by atoms with Gasteiger partial charge in [0.25, 0.3) is 0 Å². The first-order valence-corrected chi connectivity index (χ1v) is 8.79. The molecular formula is C17H19NO5S. The van der Waals surface area contributed by atoms with Crippen LogP contribution in [0.15, 0.2) is 53.4 Å². The molecule has 0 aliphatic heterocycles. The summed E-state index contributed by atoms with van der Waals surface area (Å²) >= 11 is 0. The minimum Gasteiger partial charge on any atom is -0.427 e. The highest BCUT2D eigenvalue weighted by Gasteiger charge is 2.16. The van der Waals surface area contributed by atoms with Gasteiger partial charge in [-0.25, -0.2) is 13.1 Å². The van der Waals surface area contributed by atoms with Crippen LogP contribution in [0.4, 0.5) is 0 Å². The fourth-order valence-electron chi connectivity index (χ4n) is 2.03. The zero-order chi connectivity index (χ0) is 17.7. The van der Waals surface area contributed by atoms with E-state index in [1.165, 1.54) is 31.2 Å². The van der Waals surface area contributed by atoms with Crippen molar-refractivity contribution < 1.29 is 23.1 Å². The zero-order valence-electron chi connectivity index (χ0n) is 13.4. The summed E-state index contributed by atoms with van der Waals surface area (Å²) in [5.41, 5.74) is 1.47. The van der Waals surface area contributed by atoms with Crippen LogP contribution < -0.4 is 9.46 Å². The highest BCUT2D eigenvalue weighted by atomic mass is 32.2. The number of ether oxygens (including phenoxy) is 1. The molecule has 0 saturated carbocycles. The van der Waals surface area contributed by atoms with Gasteiger partial charge < -0.3 is 9.84 Å². The molecule has 0 aromatic heterocycles. The van der Waals surface area contributed by atoms with E-state index in [0.717, 1.165) is 5.56 Å². The normalized spacial score (nSPS) is 12.6. The molecule has 0 heterocycles. The number of nitrogens with one attached hydrogen (secondary N) is 1. The Labute approximate surface area is 141 Å². The number of carbonyl (C=O) groups excluding carboxylic acids is 1. The summed E-state index contributed by atoms with van der Waals surface area (Å²) < 4.78 is 31.6. The van der Waals surface area contributed by atoms with Crippen LogP contribution in [0.3, 0.4) is 0 Å². The fraction of sp³-hybridized carbons (Fsp3) is 0.235. The summed E-state index contributed by atoms with van der Waals surface area (Å²) in [5, 5.41) is 10.1. The summed E-state index contributed by atoms with van der Waals surface area (Å²) in [6.45, 7) is 3.00. The van der Waals surface area contributed by atoms with Crippen LogP contribution in [-0.4, -0.2) is 26.0 Å². The maximum atomic E-state index is 12.2. The summed E-state index contributed by atoms with van der Waals surface area (Å²) in [7, 11) is -3.68. The van der Waals surface area contributed by atoms with Gasteiger partial charge in [-0.3, -0.25) is 4.79 Å². The molecule has 24 heavy (non-hydrogen) atoms. The van der Waals surface area contributed by atoms with Crippen LogP contribution >= 0.6 is 0 Å². The summed E-state index contributed by atoms with van der Waals surface area (Å²) in [4.78, 5) is 11.0. The van der Waals surface area contributed by atoms with Gasteiger partial charge in [-0.15, -0.1) is 0 Å². The molecule has 0 spiro atoms. The van der Waals surface area contributed by atoms with E-state index in [2.05, 4.69) is 4.72 Å². The minimum absolute atomic E-state index is 0.144. The number of benzene rings is 2. The lowest BCUT2D eigenvalue weighted by atomic mass is 10.1. The third kappa shape index (κ3) is 4.89. The number of rotatable bonds is 6. The van der Waals surface area contributed by atoms with Gasteiger partial charge >= 0.3 is 5.97 Å². The highest BCUT2D eigenvalue weighted by molar-refractivity contribution is 7.89. The number of esters is 1. The molecule has 2 aromatic carbocycles. The van der Waals surface area contributed by atoms with Gasteiger partial charge in [-0.2, -0.15) is 0 Å². The Hall–Kier alpha value is -2.22. The monoisotopic (exact) mass is 349 g/mol. The van der Waals surface area contributed by atoms with Gasteiger partial charge in [-0.05, 0) is 36.8 Å². The van der Waals surface area contributed by atoms with E-state index in [0.29, 0.717) is 11.3 Å². The first-order chi connectivity index (χ1) is 11.3. The Balaban J connectivity index is 2.00. The third-order valence-electron chi connectivity index (χ3n) is 3.32. The number of aliphatic hydroxyl groups excluding tert-OH is 1. The lowest BCUT2D eigenvalue weighted by molar-refractivity contribution is -0.131. The summed E-state index contributed by atoms with van der Waals surface area (Å²) in [5.74, 6) is -0.0761. The maximum absolute atomic E-state index is 12.2. The lowest BCUT2D eigenvalue weighted by Gasteiger charge is -2.13. The lowest BCUT2D eigenvalue weighted by Crippen LogP contribution is -2.28. The van der Waals surface area contributed by atoms with Crippen LogP contribution in [0.2, 0.25) is 0 Å². The molecule has 0 fully saturated rings. The molecule has 0 bridgehead atoms. The molecule has 1 atom stereocenters. The standard InChI is InChI=1S/C17H19NO5S/c1-12-3-9-16(10-4-12)24(21,22)18-11-17(20)14-5-7-15(8-6-14)23-13(2)19/h3-10,17-18,20H,11H2,1-2H3. The second-order valence-corrected chi connectivity index (χ2v) is 7.11. The maximum Gasteiger partial charge on any atom is 0.308 e. The molecule has 2 N–H and O–H groups in total. The van der Waals surface area contributed by atoms with Crippen LogP contribution in [-0.2, 0) is 14.8 Å². The number of hydrogen-bond acceptors (Lipinski definition) is 5. The van der Waals surface area contributed by atoms with E-state index in [-0.39, 0.29) is 11.4 Å². The summed E-state index contributed by atoms with van der Waals surface area (Å²) in [6.07, 6.45) is -1.02. The molecule has 6 nitrogen and oxygen atoms in total. The Kier molecular flexibility index (Phi) is 5.71. The van der Waals surface area contributed by atoms with Crippen molar-refractivity contribution in [3.05, 3.63) is 59.7 Å². The largest absolute Gasteiger partial charge is 0.427 e. The molecular weight excluding hydrogens is 330 g/mol. The Morgan fingerprint density at radius 1 is 1.12 bits per heavy atom. The van der Waals surface area contributed by atoms with E-state index in [1.807, 2.05) is 6.92 Å². The molecule has 0 radical (unpaired) electrons. The van der Waals surface area contributed by atoms with Gasteiger partial charge in [0, 0.05) is 13.5 Å². The van der Waals surface area contributed by atoms with Gasteiger partial charge in [0.05, 0.1) is 11.0 Å². The average molecular weight is 349 g/mol. The van der Waals surface area contributed by atoms with E-state index < -0.39 is 22.1 Å². The number of hydrogen-bond donors (Lipinski definition) is 2. The smallest absolute Gasteiger partial charge is 0.308 e. The number of sulfonamides is 1. The van der Waals surface area contributed by atoms with Crippen LogP contribution in [0.1, 0.15) is 24.2 Å². The molecule has 0 aliphatic carbocycles. The van der Waals surface area contributed by atoms with Crippen molar-refractivity contribution in [2.24, 2.45) is 0 Å². The van der Waals surface area contributed by atoms with Crippen LogP contribution in [0.25, 0.3) is 0 Å². The zero-order valence-corrected chi connectivity index (χ0v) is 14.2. The van der Waals surface area contributed by atoms with E-state index >= 15 is 0 Å². The number of aliphatic hydroxyl groups is 1. The number of carbonyl (C=O) groups is 1. The van der Waals surface area contributed by atoms with E-state index in [1.54, 1.807) is 24.3 Å². The fourth-order valence-corrected chi connectivity index (χ4v) is 3.07. The number of aryl methyl sites for hydroxylation is 1. The Morgan fingerprint density at radius 3 is 2.25 bits per heavy atom. The minimum atomic E-state index is -3.68. The van der Waals surface area contributed by atoms with Crippen molar-refractivity contribution in [3.63, 3.8) is 0 Å². The molecule has 2 rings (SSSR count). The van der Waals surface area contributed by atoms with Crippen molar-refractivity contribution >= 4 is 16.0 Å². The van der Waals surface area contributed by atoms with Crippen molar-refractivity contribution in [2.45, 2.75) is 24.8 Å². The molecule has 128 valence electrons. The van der Waals surface area contributed by atoms with Gasteiger partial charge in [-0.1, -0.05) is 29.8 Å². The van der Waals surface area contributed by atoms with Crippen molar-refractivity contribution in [1.29, 1.82) is 0 Å². The Morgan fingerprint density at radius 2 is 1.71 bits per heavy atom. The SMILES string of the molecule is CC(=O)Oc1ccc(C(O)CNS(=O)(=O)c2ccc(C)cc2)cc1. The molecule has 7 heteroatoms. The van der Waals surface area contributed by atoms with Gasteiger partial charge in [0.2, 0.25) is 10.0 Å². The van der Waals surface area contributed by atoms with Crippen LogP contribution in [0.5, 0.6) is 5.75 Å². The highest BCUT2D eigenvalue weighted by Crippen LogP contribution is 2.18. The van der Waals surface area contributed by atoms with Crippen LogP contribution in [0, 0.1) is 6.92 Å². The van der Waals surface area contributed by atoms with Crippen molar-refractivity contribution in [1.82, 2.24) is 4.72 Å². The van der Waals surface area contributed by atoms with Gasteiger partial charge in [0.15, 0.2) is 0 Å². The second-order valence-electron chi connectivity index (χ2n) is 5.34. The quantitative estimate of drug-likeness (QED) is 0.614. The molecule has 0 amide bonds. The van der Waals surface area contributed by atoms with Crippen molar-refractivity contribution in [3.8, 4) is 5.75 Å². The topological polar surface area (TPSA) is 92.7 Å². The van der Waals surface area contributed by atoms with E-state index in [4.69, 9.17) is 4.74 Å². The first-order valence-electron chi connectivity index (χ1n) is 7.31. The van der Waals surface area contributed by atoms with E-state index in [9.17, 15) is 18.3 Å². The predicted molar refractivity (Wildman–Crippen MR) is 89.1 cm³/mol. The molecule has 1 unspecified atom stereocenters. The molecule has 2 aromatic rings. The van der Waals surface area contributed by atoms with Gasteiger partial charge in [0.1, 0.15) is 5.75 Å². The first kappa shape index (κ1) is 18.1. The third-order valence-corrected chi connectivity index (χ3v) is 4.76.